The molecule has 0 unspecified atom stereocenters. The summed E-state index contributed by atoms with van der Waals surface area (Å²) in [6.07, 6.45) is 0. The van der Waals surface area contributed by atoms with Crippen LogP contribution in [0.5, 0.6) is 0 Å². The second kappa shape index (κ2) is 7.81. The van der Waals surface area contributed by atoms with Gasteiger partial charge < -0.3 is 9.52 Å². The first-order valence-electron chi connectivity index (χ1n) is 10.4. The molecule has 0 radical (unpaired) electrons. The molecule has 6 nitrogen and oxygen atoms in total. The molecule has 0 atom stereocenters. The number of nitrogens with zero attached hydrogens (tertiary/aromatic N) is 3. The summed E-state index contributed by atoms with van der Waals surface area (Å²) in [7, 11) is 0. The van der Waals surface area contributed by atoms with Crippen molar-refractivity contribution in [2.75, 3.05) is 0 Å². The summed E-state index contributed by atoms with van der Waals surface area (Å²) in [4.78, 5) is 18.7. The number of hydrogen-bond acceptors (Lipinski definition) is 6. The summed E-state index contributed by atoms with van der Waals surface area (Å²) < 4.78 is 7.79. The molecule has 6 rings (SSSR count). The van der Waals surface area contributed by atoms with Gasteiger partial charge in [0.15, 0.2) is 16.7 Å². The Morgan fingerprint density at radius 3 is 2.42 bits per heavy atom. The minimum absolute atomic E-state index is 0.197. The van der Waals surface area contributed by atoms with Crippen molar-refractivity contribution in [3.05, 3.63) is 100 Å². The van der Waals surface area contributed by atoms with Gasteiger partial charge in [0.25, 0.3) is 0 Å². The van der Waals surface area contributed by atoms with Crippen LogP contribution in [0.1, 0.15) is 5.76 Å². The predicted molar refractivity (Wildman–Crippen MR) is 130 cm³/mol. The predicted octanol–water partition coefficient (Wildman–Crippen LogP) is 5.41. The van der Waals surface area contributed by atoms with E-state index in [4.69, 9.17) is 14.5 Å². The first-order valence-corrected chi connectivity index (χ1v) is 11.3. The van der Waals surface area contributed by atoms with E-state index in [0.29, 0.717) is 11.2 Å². The minimum Gasteiger partial charge on any atom is -0.456 e. The number of thiophene rings is 1. The Morgan fingerprint density at radius 1 is 0.970 bits per heavy atom. The van der Waals surface area contributed by atoms with Crippen molar-refractivity contribution in [2.24, 2.45) is 0 Å². The molecule has 0 saturated carbocycles. The van der Waals surface area contributed by atoms with E-state index in [1.54, 1.807) is 16.0 Å². The first-order chi connectivity index (χ1) is 16.2. The van der Waals surface area contributed by atoms with E-state index in [0.717, 1.165) is 32.8 Å². The zero-order chi connectivity index (χ0) is 22.4. The number of aliphatic hydroxyl groups is 1. The van der Waals surface area contributed by atoms with E-state index < -0.39 is 0 Å². The lowest BCUT2D eigenvalue weighted by Gasteiger charge is -2.09. The van der Waals surface area contributed by atoms with Crippen LogP contribution in [0.25, 0.3) is 49.5 Å². The third-order valence-electron chi connectivity index (χ3n) is 5.50. The van der Waals surface area contributed by atoms with Crippen LogP contribution < -0.4 is 5.43 Å². The molecule has 0 aliphatic rings. The molecule has 4 heterocycles. The Kier molecular flexibility index (Phi) is 4.64. The molecule has 0 amide bonds. The van der Waals surface area contributed by atoms with Crippen molar-refractivity contribution in [1.29, 1.82) is 0 Å². The molecule has 1 N–H and O–H groups in total. The Bertz CT molecular complexity index is 1650. The fraction of sp³-hybridized carbons (Fsp3) is 0.0385. The normalized spacial score (nSPS) is 11.4. The van der Waals surface area contributed by atoms with Crippen molar-refractivity contribution in [3.63, 3.8) is 0 Å². The minimum atomic E-state index is -0.373. The zero-order valence-electron chi connectivity index (χ0n) is 17.3. The van der Waals surface area contributed by atoms with Crippen molar-refractivity contribution in [3.8, 4) is 27.4 Å². The van der Waals surface area contributed by atoms with E-state index in [-0.39, 0.29) is 23.3 Å². The quantitative estimate of drug-likeness (QED) is 0.387. The number of rotatable bonds is 4. The molecule has 2 aromatic carbocycles. The number of aliphatic hydroxyl groups excluding tert-OH is 1. The lowest BCUT2D eigenvalue weighted by molar-refractivity contribution is 0.249. The van der Waals surface area contributed by atoms with Crippen molar-refractivity contribution in [2.45, 2.75) is 6.61 Å². The second-order valence-electron chi connectivity index (χ2n) is 7.54. The number of benzene rings is 2. The average molecular weight is 452 g/mol. The molecule has 7 heteroatoms. The van der Waals surface area contributed by atoms with E-state index in [9.17, 15) is 9.90 Å². The van der Waals surface area contributed by atoms with Crippen LogP contribution in [0.3, 0.4) is 0 Å². The largest absolute Gasteiger partial charge is 0.456 e. The Balaban J connectivity index is 1.86. The molecule has 0 aliphatic heterocycles. The highest BCUT2D eigenvalue weighted by atomic mass is 32.1. The summed E-state index contributed by atoms with van der Waals surface area (Å²) in [5.41, 5.74) is 4.08. The zero-order valence-corrected chi connectivity index (χ0v) is 18.1. The van der Waals surface area contributed by atoms with Gasteiger partial charge in [-0.1, -0.05) is 54.6 Å². The molecule has 160 valence electrons. The van der Waals surface area contributed by atoms with Crippen LogP contribution in [0, 0.1) is 0 Å². The van der Waals surface area contributed by atoms with Crippen molar-refractivity contribution in [1.82, 2.24) is 14.8 Å². The van der Waals surface area contributed by atoms with Crippen LogP contribution in [-0.2, 0) is 6.61 Å². The maximum absolute atomic E-state index is 13.0. The standard InChI is InChI=1S/C26H17N3O3S/c30-15-18-14-19(31)24-25(32-18)21(20-12-7-13-33-20)22-23(16-8-3-1-4-9-16)28-29(26(22)27-24)17-10-5-2-6-11-17/h1-14,30H,15H2. The van der Waals surface area contributed by atoms with Crippen LogP contribution in [0.15, 0.2) is 93.5 Å². The fourth-order valence-corrected chi connectivity index (χ4v) is 4.83. The van der Waals surface area contributed by atoms with Gasteiger partial charge in [-0.3, -0.25) is 4.79 Å². The first kappa shape index (κ1) is 19.6. The number of fused-ring (bicyclic) bond motifs is 2. The number of hydrogen-bond donors (Lipinski definition) is 1. The Hall–Kier alpha value is -4.07. The Morgan fingerprint density at radius 2 is 1.73 bits per heavy atom. The molecular formula is C26H17N3O3S. The average Bonchev–Trinajstić information content (AvgIpc) is 3.52. The number of aromatic nitrogens is 3. The molecule has 4 aromatic heterocycles. The topological polar surface area (TPSA) is 81.1 Å². The van der Waals surface area contributed by atoms with E-state index in [1.807, 2.05) is 78.2 Å². The molecule has 33 heavy (non-hydrogen) atoms. The molecule has 0 fully saturated rings. The van der Waals surface area contributed by atoms with Gasteiger partial charge in [-0.05, 0) is 23.6 Å². The van der Waals surface area contributed by atoms with Crippen LogP contribution in [0.2, 0.25) is 0 Å². The van der Waals surface area contributed by atoms with Gasteiger partial charge in [0.2, 0.25) is 5.43 Å². The molecule has 0 spiro atoms. The summed E-state index contributed by atoms with van der Waals surface area (Å²) >= 11 is 1.54. The molecule has 0 aliphatic carbocycles. The van der Waals surface area contributed by atoms with E-state index >= 15 is 0 Å². The lowest BCUT2D eigenvalue weighted by Crippen LogP contribution is -2.07. The van der Waals surface area contributed by atoms with Gasteiger partial charge in [0.05, 0.1) is 16.6 Å². The fourth-order valence-electron chi connectivity index (χ4n) is 4.05. The van der Waals surface area contributed by atoms with Gasteiger partial charge in [-0.15, -0.1) is 11.3 Å². The van der Waals surface area contributed by atoms with Crippen LogP contribution >= 0.6 is 11.3 Å². The van der Waals surface area contributed by atoms with Crippen LogP contribution in [-0.4, -0.2) is 19.9 Å². The Labute approximate surface area is 192 Å². The smallest absolute Gasteiger partial charge is 0.211 e. The van der Waals surface area contributed by atoms with Gasteiger partial charge in [0, 0.05) is 16.5 Å². The second-order valence-corrected chi connectivity index (χ2v) is 8.49. The van der Waals surface area contributed by atoms with Gasteiger partial charge in [0.1, 0.15) is 18.1 Å². The highest BCUT2D eigenvalue weighted by Gasteiger charge is 2.25. The van der Waals surface area contributed by atoms with E-state index in [2.05, 4.69) is 0 Å². The highest BCUT2D eigenvalue weighted by molar-refractivity contribution is 7.13. The molecule has 0 saturated heterocycles. The van der Waals surface area contributed by atoms with Gasteiger partial charge in [-0.25, -0.2) is 9.67 Å². The van der Waals surface area contributed by atoms with Gasteiger partial charge in [-0.2, -0.15) is 5.10 Å². The summed E-state index contributed by atoms with van der Waals surface area (Å²) in [5.74, 6) is 0.197. The summed E-state index contributed by atoms with van der Waals surface area (Å²) in [5, 5.41) is 17.4. The molecule has 0 bridgehead atoms. The maximum Gasteiger partial charge on any atom is 0.211 e. The number of para-hydroxylation sites is 1. The number of pyridine rings is 1. The molecular weight excluding hydrogens is 434 g/mol. The third kappa shape index (κ3) is 3.17. The van der Waals surface area contributed by atoms with Crippen LogP contribution in [0.4, 0.5) is 0 Å². The third-order valence-corrected chi connectivity index (χ3v) is 6.39. The highest BCUT2D eigenvalue weighted by Crippen LogP contribution is 2.41. The summed E-state index contributed by atoms with van der Waals surface area (Å²) in [6, 6.07) is 24.8. The van der Waals surface area contributed by atoms with Crippen molar-refractivity contribution < 1.29 is 9.52 Å². The molecule has 6 aromatic rings. The maximum atomic E-state index is 13.0. The summed E-state index contributed by atoms with van der Waals surface area (Å²) in [6.45, 7) is -0.373. The SMILES string of the molecule is O=c1cc(CO)oc2c(-c3cccs3)c3c(-c4ccccc4)nn(-c4ccccc4)c3nc12. The van der Waals surface area contributed by atoms with Gasteiger partial charge >= 0.3 is 0 Å². The van der Waals surface area contributed by atoms with E-state index in [1.165, 1.54) is 6.07 Å². The monoisotopic (exact) mass is 451 g/mol. The van der Waals surface area contributed by atoms with Crippen molar-refractivity contribution >= 4 is 33.5 Å². The lowest BCUT2D eigenvalue weighted by atomic mass is 10.0.